The number of carbonyl (C=O) groups excluding carboxylic acids is 1. The van der Waals surface area contributed by atoms with E-state index in [0.717, 1.165) is 18.4 Å². The maximum Gasteiger partial charge on any atom is 0.311 e. The fourth-order valence-electron chi connectivity index (χ4n) is 3.47. The van der Waals surface area contributed by atoms with Gasteiger partial charge in [-0.1, -0.05) is 49.6 Å². The molecule has 0 aliphatic heterocycles. The standard InChI is InChI=1S/C20H31NO2/c1-20(2,3)23-19(22)17(14-15-10-6-4-7-11-15)18(21)16-12-8-5-9-13-16/h4,6-7,10-11,16-18H,5,8-9,12-14,21H2,1-3H3/t17-,18-/m0/s1. The van der Waals surface area contributed by atoms with Crippen molar-refractivity contribution in [3.8, 4) is 0 Å². The van der Waals surface area contributed by atoms with E-state index < -0.39 is 5.60 Å². The van der Waals surface area contributed by atoms with Gasteiger partial charge in [0.05, 0.1) is 5.92 Å². The van der Waals surface area contributed by atoms with Gasteiger partial charge >= 0.3 is 5.97 Å². The summed E-state index contributed by atoms with van der Waals surface area (Å²) in [7, 11) is 0. The number of esters is 1. The van der Waals surface area contributed by atoms with Gasteiger partial charge in [0, 0.05) is 6.04 Å². The largest absolute Gasteiger partial charge is 0.460 e. The summed E-state index contributed by atoms with van der Waals surface area (Å²) < 4.78 is 5.67. The topological polar surface area (TPSA) is 52.3 Å². The van der Waals surface area contributed by atoms with Gasteiger partial charge in [-0.2, -0.15) is 0 Å². The molecule has 0 heterocycles. The minimum Gasteiger partial charge on any atom is -0.460 e. The highest BCUT2D eigenvalue weighted by molar-refractivity contribution is 5.74. The van der Waals surface area contributed by atoms with Gasteiger partial charge in [0.2, 0.25) is 0 Å². The van der Waals surface area contributed by atoms with Crippen LogP contribution < -0.4 is 5.73 Å². The first-order valence-corrected chi connectivity index (χ1v) is 8.89. The third-order valence-corrected chi connectivity index (χ3v) is 4.67. The van der Waals surface area contributed by atoms with Crippen LogP contribution in [0.3, 0.4) is 0 Å². The van der Waals surface area contributed by atoms with Crippen molar-refractivity contribution in [2.45, 2.75) is 70.9 Å². The fourth-order valence-corrected chi connectivity index (χ4v) is 3.47. The Morgan fingerprint density at radius 1 is 1.17 bits per heavy atom. The molecule has 0 bridgehead atoms. The molecule has 0 unspecified atom stereocenters. The third-order valence-electron chi connectivity index (χ3n) is 4.67. The van der Waals surface area contributed by atoms with Crippen molar-refractivity contribution >= 4 is 5.97 Å². The van der Waals surface area contributed by atoms with E-state index in [-0.39, 0.29) is 17.9 Å². The SMILES string of the molecule is CC(C)(C)OC(=O)[C@@H](Cc1ccccc1)[C@@H](N)C1CCCCC1. The van der Waals surface area contributed by atoms with E-state index in [1.54, 1.807) is 0 Å². The second kappa shape index (κ2) is 7.96. The smallest absolute Gasteiger partial charge is 0.311 e. The van der Waals surface area contributed by atoms with Crippen LogP contribution in [0.15, 0.2) is 30.3 Å². The first-order chi connectivity index (χ1) is 10.9. The minimum absolute atomic E-state index is 0.120. The van der Waals surface area contributed by atoms with Crippen LogP contribution in [-0.4, -0.2) is 17.6 Å². The van der Waals surface area contributed by atoms with Crippen molar-refractivity contribution in [1.82, 2.24) is 0 Å². The summed E-state index contributed by atoms with van der Waals surface area (Å²) in [5.41, 5.74) is 7.23. The quantitative estimate of drug-likeness (QED) is 0.832. The number of ether oxygens (including phenoxy) is 1. The Labute approximate surface area is 140 Å². The normalized spacial score (nSPS) is 19.1. The summed E-state index contributed by atoms with van der Waals surface area (Å²) >= 11 is 0. The number of carbonyl (C=O) groups is 1. The van der Waals surface area contributed by atoms with E-state index in [0.29, 0.717) is 12.3 Å². The molecule has 1 aliphatic carbocycles. The zero-order valence-corrected chi connectivity index (χ0v) is 14.8. The van der Waals surface area contributed by atoms with E-state index in [1.807, 2.05) is 39.0 Å². The van der Waals surface area contributed by atoms with E-state index in [2.05, 4.69) is 12.1 Å². The van der Waals surface area contributed by atoms with Gasteiger partial charge in [0.1, 0.15) is 5.60 Å². The van der Waals surface area contributed by atoms with Crippen molar-refractivity contribution < 1.29 is 9.53 Å². The molecule has 0 amide bonds. The summed E-state index contributed by atoms with van der Waals surface area (Å²) in [4.78, 5) is 12.7. The van der Waals surface area contributed by atoms with Gasteiger partial charge in [0.15, 0.2) is 0 Å². The first kappa shape index (κ1) is 18.0. The predicted molar refractivity (Wildman–Crippen MR) is 94.0 cm³/mol. The van der Waals surface area contributed by atoms with Crippen molar-refractivity contribution in [1.29, 1.82) is 0 Å². The highest BCUT2D eigenvalue weighted by Crippen LogP contribution is 2.31. The number of nitrogens with two attached hydrogens (primary N) is 1. The molecule has 0 aromatic heterocycles. The van der Waals surface area contributed by atoms with Crippen molar-refractivity contribution in [2.75, 3.05) is 0 Å². The molecular weight excluding hydrogens is 286 g/mol. The average molecular weight is 317 g/mol. The van der Waals surface area contributed by atoms with E-state index >= 15 is 0 Å². The molecule has 0 spiro atoms. The second-order valence-corrected chi connectivity index (χ2v) is 7.81. The van der Waals surface area contributed by atoms with Crippen molar-refractivity contribution in [2.24, 2.45) is 17.6 Å². The monoisotopic (exact) mass is 317 g/mol. The molecule has 1 fully saturated rings. The molecule has 3 heteroatoms. The van der Waals surface area contributed by atoms with Crippen LogP contribution in [0.2, 0.25) is 0 Å². The molecular formula is C20H31NO2. The van der Waals surface area contributed by atoms with Crippen LogP contribution in [0.4, 0.5) is 0 Å². The summed E-state index contributed by atoms with van der Waals surface area (Å²) in [6.07, 6.45) is 6.67. The molecule has 1 aromatic carbocycles. The Kier molecular flexibility index (Phi) is 6.23. The highest BCUT2D eigenvalue weighted by Gasteiger charge is 2.35. The van der Waals surface area contributed by atoms with Crippen LogP contribution in [-0.2, 0) is 16.0 Å². The summed E-state index contributed by atoms with van der Waals surface area (Å²) in [6, 6.07) is 10.0. The average Bonchev–Trinajstić information content (AvgIpc) is 2.52. The number of rotatable bonds is 5. The molecule has 128 valence electrons. The summed E-state index contributed by atoms with van der Waals surface area (Å²) in [6.45, 7) is 5.74. The van der Waals surface area contributed by atoms with Gasteiger partial charge in [-0.3, -0.25) is 4.79 Å². The zero-order valence-electron chi connectivity index (χ0n) is 14.8. The molecule has 0 saturated heterocycles. The predicted octanol–water partition coefficient (Wildman–Crippen LogP) is 4.09. The molecule has 2 rings (SSSR count). The molecule has 0 radical (unpaired) electrons. The molecule has 3 nitrogen and oxygen atoms in total. The zero-order chi connectivity index (χ0) is 16.9. The summed E-state index contributed by atoms with van der Waals surface area (Å²) in [5, 5.41) is 0. The number of benzene rings is 1. The molecule has 1 aromatic rings. The number of hydrogen-bond donors (Lipinski definition) is 1. The Morgan fingerprint density at radius 3 is 2.35 bits per heavy atom. The maximum absolute atomic E-state index is 12.7. The Bertz CT molecular complexity index is 486. The van der Waals surface area contributed by atoms with Crippen LogP contribution in [0, 0.1) is 11.8 Å². The van der Waals surface area contributed by atoms with Crippen molar-refractivity contribution in [3.05, 3.63) is 35.9 Å². The molecule has 2 N–H and O–H groups in total. The Balaban J connectivity index is 2.14. The van der Waals surface area contributed by atoms with Gasteiger partial charge in [-0.05, 0) is 51.5 Å². The lowest BCUT2D eigenvalue weighted by Crippen LogP contribution is -2.45. The van der Waals surface area contributed by atoms with Gasteiger partial charge < -0.3 is 10.5 Å². The summed E-state index contributed by atoms with van der Waals surface area (Å²) in [5.74, 6) is 0.0177. The molecule has 1 aliphatic rings. The maximum atomic E-state index is 12.7. The van der Waals surface area contributed by atoms with Crippen LogP contribution in [0.1, 0.15) is 58.4 Å². The van der Waals surface area contributed by atoms with Crippen molar-refractivity contribution in [3.63, 3.8) is 0 Å². The Hall–Kier alpha value is -1.35. The van der Waals surface area contributed by atoms with Crippen LogP contribution >= 0.6 is 0 Å². The lowest BCUT2D eigenvalue weighted by molar-refractivity contribution is -0.161. The van der Waals surface area contributed by atoms with E-state index in [9.17, 15) is 4.79 Å². The first-order valence-electron chi connectivity index (χ1n) is 8.89. The van der Waals surface area contributed by atoms with E-state index in [4.69, 9.17) is 10.5 Å². The lowest BCUT2D eigenvalue weighted by Gasteiger charge is -2.33. The van der Waals surface area contributed by atoms with E-state index in [1.165, 1.54) is 19.3 Å². The third kappa shape index (κ3) is 5.65. The Morgan fingerprint density at radius 2 is 1.78 bits per heavy atom. The molecule has 2 atom stereocenters. The molecule has 23 heavy (non-hydrogen) atoms. The molecule has 1 saturated carbocycles. The van der Waals surface area contributed by atoms with Crippen LogP contribution in [0.25, 0.3) is 0 Å². The van der Waals surface area contributed by atoms with Gasteiger partial charge in [-0.15, -0.1) is 0 Å². The van der Waals surface area contributed by atoms with Gasteiger partial charge in [-0.25, -0.2) is 0 Å². The highest BCUT2D eigenvalue weighted by atomic mass is 16.6. The lowest BCUT2D eigenvalue weighted by atomic mass is 9.77. The number of hydrogen-bond acceptors (Lipinski definition) is 3. The second-order valence-electron chi connectivity index (χ2n) is 7.81. The van der Waals surface area contributed by atoms with Gasteiger partial charge in [0.25, 0.3) is 0 Å². The van der Waals surface area contributed by atoms with Crippen LogP contribution in [0.5, 0.6) is 0 Å². The minimum atomic E-state index is -0.474. The fraction of sp³-hybridized carbons (Fsp3) is 0.650.